The highest BCUT2D eigenvalue weighted by Crippen LogP contribution is 2.20. The summed E-state index contributed by atoms with van der Waals surface area (Å²) in [6.45, 7) is 10.6. The van der Waals surface area contributed by atoms with Crippen LogP contribution >= 0.6 is 0 Å². The molecule has 0 saturated carbocycles. The van der Waals surface area contributed by atoms with Crippen LogP contribution in [0.25, 0.3) is 0 Å². The van der Waals surface area contributed by atoms with Crippen molar-refractivity contribution in [2.75, 3.05) is 33.7 Å². The van der Waals surface area contributed by atoms with Crippen molar-refractivity contribution < 1.29 is 0 Å². The van der Waals surface area contributed by atoms with E-state index in [1.807, 2.05) is 0 Å². The van der Waals surface area contributed by atoms with Crippen LogP contribution in [0.3, 0.4) is 0 Å². The largest absolute Gasteiger partial charge is 0.312 e. The van der Waals surface area contributed by atoms with Gasteiger partial charge in [0.15, 0.2) is 0 Å². The molecule has 0 aliphatic carbocycles. The van der Waals surface area contributed by atoms with Crippen LogP contribution in [0.1, 0.15) is 59.3 Å². The standard InChI is InChI=1S/C17H37N3/c1-6-10-16(18-12-7-2)17(8-3)20(5)15-11-9-13-19(4)14-15/h15-18H,6-14H2,1-5H3. The van der Waals surface area contributed by atoms with Gasteiger partial charge in [-0.2, -0.15) is 0 Å². The minimum atomic E-state index is 0.655. The van der Waals surface area contributed by atoms with E-state index in [0.717, 1.165) is 12.6 Å². The predicted octanol–water partition coefficient (Wildman–Crippen LogP) is 2.96. The number of likely N-dealkylation sites (N-methyl/N-ethyl adjacent to an activating group) is 2. The third kappa shape index (κ3) is 5.34. The number of likely N-dealkylation sites (tertiary alicyclic amines) is 1. The maximum Gasteiger partial charge on any atom is 0.0247 e. The van der Waals surface area contributed by atoms with Crippen molar-refractivity contribution in [2.24, 2.45) is 0 Å². The molecule has 0 amide bonds. The molecule has 1 N–H and O–H groups in total. The molecule has 3 atom stereocenters. The molecule has 1 aliphatic heterocycles. The van der Waals surface area contributed by atoms with Gasteiger partial charge in [-0.15, -0.1) is 0 Å². The molecule has 0 spiro atoms. The molecular formula is C17H37N3. The molecule has 1 saturated heterocycles. The molecule has 0 aromatic carbocycles. The van der Waals surface area contributed by atoms with Gasteiger partial charge in [-0.05, 0) is 59.3 Å². The third-order valence-corrected chi connectivity index (χ3v) is 4.84. The van der Waals surface area contributed by atoms with Gasteiger partial charge < -0.3 is 10.2 Å². The molecule has 3 heteroatoms. The second-order valence-corrected chi connectivity index (χ2v) is 6.55. The number of hydrogen-bond acceptors (Lipinski definition) is 3. The van der Waals surface area contributed by atoms with E-state index < -0.39 is 0 Å². The molecule has 120 valence electrons. The summed E-state index contributed by atoms with van der Waals surface area (Å²) in [7, 11) is 4.62. The van der Waals surface area contributed by atoms with Crippen molar-refractivity contribution in [3.05, 3.63) is 0 Å². The Balaban J connectivity index is 2.63. The Labute approximate surface area is 127 Å². The first-order chi connectivity index (χ1) is 9.63. The topological polar surface area (TPSA) is 18.5 Å². The van der Waals surface area contributed by atoms with E-state index >= 15 is 0 Å². The second-order valence-electron chi connectivity index (χ2n) is 6.55. The lowest BCUT2D eigenvalue weighted by molar-refractivity contribution is 0.0764. The fourth-order valence-electron chi connectivity index (χ4n) is 3.67. The van der Waals surface area contributed by atoms with Crippen LogP contribution < -0.4 is 5.32 Å². The number of nitrogens with one attached hydrogen (secondary N) is 1. The molecule has 0 aromatic heterocycles. The van der Waals surface area contributed by atoms with Gasteiger partial charge in [0.1, 0.15) is 0 Å². The summed E-state index contributed by atoms with van der Waals surface area (Å²) in [5.41, 5.74) is 0. The van der Waals surface area contributed by atoms with Crippen LogP contribution in [0.15, 0.2) is 0 Å². The van der Waals surface area contributed by atoms with E-state index in [4.69, 9.17) is 0 Å². The Morgan fingerprint density at radius 2 is 2.00 bits per heavy atom. The van der Waals surface area contributed by atoms with Gasteiger partial charge in [-0.1, -0.05) is 27.2 Å². The zero-order valence-corrected chi connectivity index (χ0v) is 14.5. The van der Waals surface area contributed by atoms with E-state index in [1.165, 1.54) is 51.6 Å². The molecule has 0 bridgehead atoms. The summed E-state index contributed by atoms with van der Waals surface area (Å²) in [5, 5.41) is 3.80. The van der Waals surface area contributed by atoms with E-state index in [1.54, 1.807) is 0 Å². The Kier molecular flexibility index (Phi) is 8.74. The molecule has 20 heavy (non-hydrogen) atoms. The SMILES string of the molecule is CCCNC(CCC)C(CC)N(C)C1CCCN(C)C1. The number of piperidine rings is 1. The van der Waals surface area contributed by atoms with Gasteiger partial charge in [0, 0.05) is 24.7 Å². The first-order valence-electron chi connectivity index (χ1n) is 8.77. The van der Waals surface area contributed by atoms with Crippen molar-refractivity contribution in [1.82, 2.24) is 15.1 Å². The molecule has 1 heterocycles. The van der Waals surface area contributed by atoms with Crippen molar-refractivity contribution in [3.8, 4) is 0 Å². The Bertz CT molecular complexity index is 244. The smallest absolute Gasteiger partial charge is 0.0247 e. The average molecular weight is 284 g/mol. The zero-order chi connectivity index (χ0) is 15.0. The summed E-state index contributed by atoms with van der Waals surface area (Å²) < 4.78 is 0. The number of rotatable bonds is 9. The van der Waals surface area contributed by atoms with E-state index in [9.17, 15) is 0 Å². The maximum absolute atomic E-state index is 3.80. The minimum Gasteiger partial charge on any atom is -0.312 e. The zero-order valence-electron chi connectivity index (χ0n) is 14.5. The Morgan fingerprint density at radius 3 is 2.55 bits per heavy atom. The molecule has 3 unspecified atom stereocenters. The van der Waals surface area contributed by atoms with Crippen LogP contribution in [0, 0.1) is 0 Å². The Morgan fingerprint density at radius 1 is 1.25 bits per heavy atom. The van der Waals surface area contributed by atoms with Gasteiger partial charge in [0.25, 0.3) is 0 Å². The molecule has 3 nitrogen and oxygen atoms in total. The fraction of sp³-hybridized carbons (Fsp3) is 1.00. The Hall–Kier alpha value is -0.120. The van der Waals surface area contributed by atoms with Crippen LogP contribution in [0.4, 0.5) is 0 Å². The second kappa shape index (κ2) is 9.75. The summed E-state index contributed by atoms with van der Waals surface area (Å²) >= 11 is 0. The molecule has 0 radical (unpaired) electrons. The lowest BCUT2D eigenvalue weighted by Crippen LogP contribution is -2.55. The van der Waals surface area contributed by atoms with Gasteiger partial charge in [0.2, 0.25) is 0 Å². The highest BCUT2D eigenvalue weighted by molar-refractivity contribution is 4.88. The quantitative estimate of drug-likeness (QED) is 0.702. The van der Waals surface area contributed by atoms with Crippen molar-refractivity contribution in [2.45, 2.75) is 77.4 Å². The van der Waals surface area contributed by atoms with Crippen molar-refractivity contribution >= 4 is 0 Å². The van der Waals surface area contributed by atoms with E-state index in [-0.39, 0.29) is 0 Å². The number of hydrogen-bond donors (Lipinski definition) is 1. The van der Waals surface area contributed by atoms with Crippen molar-refractivity contribution in [3.63, 3.8) is 0 Å². The van der Waals surface area contributed by atoms with Gasteiger partial charge in [-0.3, -0.25) is 4.90 Å². The van der Waals surface area contributed by atoms with Crippen LogP contribution in [0.5, 0.6) is 0 Å². The highest BCUT2D eigenvalue weighted by Gasteiger charge is 2.29. The first kappa shape index (κ1) is 17.9. The molecule has 0 aromatic rings. The predicted molar refractivity (Wildman–Crippen MR) is 89.4 cm³/mol. The lowest BCUT2D eigenvalue weighted by atomic mass is 9.95. The van der Waals surface area contributed by atoms with Gasteiger partial charge in [0.05, 0.1) is 0 Å². The van der Waals surface area contributed by atoms with Crippen LogP contribution in [0.2, 0.25) is 0 Å². The summed E-state index contributed by atoms with van der Waals surface area (Å²) in [4.78, 5) is 5.17. The molecular weight excluding hydrogens is 246 g/mol. The minimum absolute atomic E-state index is 0.655. The first-order valence-corrected chi connectivity index (χ1v) is 8.77. The maximum atomic E-state index is 3.80. The molecule has 1 fully saturated rings. The van der Waals surface area contributed by atoms with Crippen LogP contribution in [-0.2, 0) is 0 Å². The van der Waals surface area contributed by atoms with E-state index in [2.05, 4.69) is 50.0 Å². The van der Waals surface area contributed by atoms with Crippen LogP contribution in [-0.4, -0.2) is 61.7 Å². The monoisotopic (exact) mass is 283 g/mol. The summed E-state index contributed by atoms with van der Waals surface area (Å²) in [6.07, 6.45) is 7.76. The fourth-order valence-corrected chi connectivity index (χ4v) is 3.67. The van der Waals surface area contributed by atoms with Gasteiger partial charge >= 0.3 is 0 Å². The lowest BCUT2D eigenvalue weighted by Gasteiger charge is -2.43. The van der Waals surface area contributed by atoms with E-state index in [0.29, 0.717) is 12.1 Å². The molecule has 1 aliphatic rings. The van der Waals surface area contributed by atoms with Crippen molar-refractivity contribution in [1.29, 1.82) is 0 Å². The van der Waals surface area contributed by atoms with Gasteiger partial charge in [-0.25, -0.2) is 0 Å². The summed E-state index contributed by atoms with van der Waals surface area (Å²) in [5.74, 6) is 0. The normalized spacial score (nSPS) is 24.0. The highest BCUT2D eigenvalue weighted by atomic mass is 15.2. The third-order valence-electron chi connectivity index (χ3n) is 4.84. The molecule has 1 rings (SSSR count). The average Bonchev–Trinajstić information content (AvgIpc) is 2.45. The number of nitrogens with zero attached hydrogens (tertiary/aromatic N) is 2. The summed E-state index contributed by atoms with van der Waals surface area (Å²) in [6, 6.07) is 2.07.